The second-order valence-electron chi connectivity index (χ2n) is 13.0. The standard InChI is InChI=1S/C40H44N2O4S6/c1-5-16-49-30-10-12-34-32(22-30)41(14-18-47-26-38(43)44)36(51-34)9-7-8-28-20-29(25-40(3,4)24-28)21-37-42(15-19-48-27-39(45)46)33-23-31(50-17-6-2)11-13-35(33)52-37/h5-13,20-23H,1-2,14-19,24-27H2,3-4H3,(H-,43,44,45,46)/p+1. The number of carboxylic acids is 2. The summed E-state index contributed by atoms with van der Waals surface area (Å²) in [7, 11) is 0. The zero-order valence-corrected chi connectivity index (χ0v) is 34.4. The predicted molar refractivity (Wildman–Crippen MR) is 230 cm³/mol. The van der Waals surface area contributed by atoms with Crippen LogP contribution in [0, 0.1) is 5.41 Å². The Balaban J connectivity index is 1.41. The number of fused-ring (bicyclic) bond motifs is 2. The number of benzene rings is 2. The Bertz CT molecular complexity index is 1930. The highest BCUT2D eigenvalue weighted by Crippen LogP contribution is 2.49. The Morgan fingerprint density at radius 2 is 1.65 bits per heavy atom. The molecule has 2 N–H and O–H groups in total. The minimum atomic E-state index is -0.787. The number of nitrogens with zero attached hydrogens (tertiary/aromatic N) is 2. The average molecular weight is 810 g/mol. The zero-order chi connectivity index (χ0) is 37.1. The van der Waals surface area contributed by atoms with Gasteiger partial charge in [0.2, 0.25) is 5.52 Å². The summed E-state index contributed by atoms with van der Waals surface area (Å²) in [6.45, 7) is 13.8. The minimum absolute atomic E-state index is 0.0893. The lowest BCUT2D eigenvalue weighted by molar-refractivity contribution is -0.664. The third-order valence-electron chi connectivity index (χ3n) is 8.10. The molecule has 5 rings (SSSR count). The first-order valence-corrected chi connectivity index (χ1v) is 22.9. The molecule has 0 saturated heterocycles. The highest BCUT2D eigenvalue weighted by molar-refractivity contribution is 8.03. The van der Waals surface area contributed by atoms with Gasteiger partial charge in [-0.3, -0.25) is 9.59 Å². The van der Waals surface area contributed by atoms with Gasteiger partial charge in [0.25, 0.3) is 5.01 Å². The fourth-order valence-electron chi connectivity index (χ4n) is 6.10. The first-order valence-electron chi connectivity index (χ1n) is 17.0. The van der Waals surface area contributed by atoms with Gasteiger partial charge in [-0.2, -0.15) is 4.57 Å². The molecule has 0 spiro atoms. The fourth-order valence-corrected chi connectivity index (χ4v) is 10.9. The second-order valence-corrected chi connectivity index (χ2v) is 19.5. The van der Waals surface area contributed by atoms with Gasteiger partial charge < -0.3 is 15.1 Å². The summed E-state index contributed by atoms with van der Waals surface area (Å²) in [5, 5.41) is 20.7. The van der Waals surface area contributed by atoms with Crippen molar-refractivity contribution < 1.29 is 24.4 Å². The molecule has 3 aromatic rings. The lowest BCUT2D eigenvalue weighted by Gasteiger charge is -2.31. The van der Waals surface area contributed by atoms with E-state index in [-0.39, 0.29) is 16.9 Å². The van der Waals surface area contributed by atoms with E-state index < -0.39 is 11.9 Å². The highest BCUT2D eigenvalue weighted by Gasteiger charge is 2.29. The highest BCUT2D eigenvalue weighted by atomic mass is 32.2. The second kappa shape index (κ2) is 19.5. The quantitative estimate of drug-likeness (QED) is 0.0529. The smallest absolute Gasteiger partial charge is 0.313 e. The molecule has 6 nitrogen and oxygen atoms in total. The molecule has 52 heavy (non-hydrogen) atoms. The summed E-state index contributed by atoms with van der Waals surface area (Å²) in [5.74, 6) is 1.76. The molecule has 1 aromatic heterocycles. The number of aliphatic carboxylic acids is 2. The number of carboxylic acid groups (broad SMARTS) is 2. The normalized spacial score (nSPS) is 16.9. The van der Waals surface area contributed by atoms with Crippen LogP contribution in [0.3, 0.4) is 0 Å². The van der Waals surface area contributed by atoms with E-state index in [1.54, 1.807) is 46.6 Å². The number of rotatable bonds is 19. The van der Waals surface area contributed by atoms with Crippen molar-refractivity contribution in [3.63, 3.8) is 0 Å². The molecule has 0 atom stereocenters. The first kappa shape index (κ1) is 40.4. The summed E-state index contributed by atoms with van der Waals surface area (Å²) in [6.07, 6.45) is 17.0. The third kappa shape index (κ3) is 11.6. The largest absolute Gasteiger partial charge is 0.481 e. The Morgan fingerprint density at radius 1 is 0.962 bits per heavy atom. The molecule has 0 bridgehead atoms. The molecular weight excluding hydrogens is 765 g/mol. The van der Waals surface area contributed by atoms with Crippen molar-refractivity contribution in [2.45, 2.75) is 47.9 Å². The molecule has 1 aliphatic carbocycles. The molecule has 2 aromatic carbocycles. The summed E-state index contributed by atoms with van der Waals surface area (Å²) >= 11 is 9.96. The molecule has 0 fully saturated rings. The van der Waals surface area contributed by atoms with Gasteiger partial charge in [0.1, 0.15) is 4.70 Å². The Hall–Kier alpha value is -2.74. The van der Waals surface area contributed by atoms with Crippen LogP contribution in [0.15, 0.2) is 117 Å². The van der Waals surface area contributed by atoms with Gasteiger partial charge in [-0.05, 0) is 65.8 Å². The lowest BCUT2D eigenvalue weighted by Crippen LogP contribution is -2.36. The van der Waals surface area contributed by atoms with E-state index in [1.807, 2.05) is 12.2 Å². The SMILES string of the molecule is C=CCSc1ccc2c(c1)N(CCSCC(=O)O)C(=CC1=CC(=CC=Cc3sc4ccc(SCC=C)cc4[n+]3CCSCC(=O)O)CC(C)(C)C1)S2. The van der Waals surface area contributed by atoms with Crippen molar-refractivity contribution in [1.82, 2.24) is 0 Å². The number of thiazole rings is 1. The zero-order valence-electron chi connectivity index (χ0n) is 29.5. The monoisotopic (exact) mass is 809 g/mol. The number of aromatic nitrogens is 1. The summed E-state index contributed by atoms with van der Waals surface area (Å²) in [6, 6.07) is 13.2. The van der Waals surface area contributed by atoms with Crippen molar-refractivity contribution in [3.8, 4) is 0 Å². The summed E-state index contributed by atoms with van der Waals surface area (Å²) in [4.78, 5) is 28.3. The molecule has 1 aliphatic heterocycles. The third-order valence-corrected chi connectivity index (χ3v) is 14.2. The predicted octanol–water partition coefficient (Wildman–Crippen LogP) is 10.5. The van der Waals surface area contributed by atoms with Crippen molar-refractivity contribution in [3.05, 3.63) is 107 Å². The van der Waals surface area contributed by atoms with Crippen LogP contribution in [0.1, 0.15) is 31.7 Å². The first-order chi connectivity index (χ1) is 25.0. The van der Waals surface area contributed by atoms with Crippen molar-refractivity contribution in [2.75, 3.05) is 46.0 Å². The van der Waals surface area contributed by atoms with Crippen molar-refractivity contribution in [1.29, 1.82) is 0 Å². The number of anilines is 1. The summed E-state index contributed by atoms with van der Waals surface area (Å²) < 4.78 is 3.52. The molecule has 0 unspecified atom stereocenters. The molecule has 2 heterocycles. The van der Waals surface area contributed by atoms with E-state index >= 15 is 0 Å². The van der Waals surface area contributed by atoms with Crippen molar-refractivity contribution in [2.24, 2.45) is 5.41 Å². The maximum absolute atomic E-state index is 11.2. The summed E-state index contributed by atoms with van der Waals surface area (Å²) in [5.41, 5.74) is 5.00. The Morgan fingerprint density at radius 3 is 2.37 bits per heavy atom. The Labute approximate surface area is 332 Å². The van der Waals surface area contributed by atoms with Crippen LogP contribution in [0.5, 0.6) is 0 Å². The number of thioether (sulfide) groups is 5. The average Bonchev–Trinajstić information content (AvgIpc) is 3.61. The van der Waals surface area contributed by atoms with Gasteiger partial charge in [-0.1, -0.05) is 67.3 Å². The van der Waals surface area contributed by atoms with Crippen LogP contribution < -0.4 is 9.47 Å². The van der Waals surface area contributed by atoms with Crippen LogP contribution in [0.2, 0.25) is 0 Å². The molecular formula is C40H45N2O4S6+. The minimum Gasteiger partial charge on any atom is -0.481 e. The maximum Gasteiger partial charge on any atom is 0.313 e. The molecule has 0 radical (unpaired) electrons. The lowest BCUT2D eigenvalue weighted by atomic mass is 9.75. The van der Waals surface area contributed by atoms with Crippen LogP contribution >= 0.6 is 70.1 Å². The maximum atomic E-state index is 11.2. The van der Waals surface area contributed by atoms with Gasteiger partial charge in [0.05, 0.1) is 28.0 Å². The van der Waals surface area contributed by atoms with Gasteiger partial charge in [0.15, 0.2) is 6.54 Å². The fraction of sp³-hybridized carbons (Fsp3) is 0.325. The number of carbonyl (C=O) groups is 2. The van der Waals surface area contributed by atoms with Crippen molar-refractivity contribution >= 4 is 104 Å². The van der Waals surface area contributed by atoms with Crippen LogP contribution in [-0.2, 0) is 16.1 Å². The number of allylic oxidation sites excluding steroid dienone is 6. The van der Waals surface area contributed by atoms with E-state index in [0.717, 1.165) is 54.0 Å². The number of aryl methyl sites for hydroxylation is 1. The van der Waals surface area contributed by atoms with E-state index in [0.29, 0.717) is 0 Å². The number of hydrogen-bond donors (Lipinski definition) is 2. The van der Waals surface area contributed by atoms with Crippen LogP contribution in [0.4, 0.5) is 5.69 Å². The van der Waals surface area contributed by atoms with E-state index in [9.17, 15) is 14.7 Å². The van der Waals surface area contributed by atoms with Gasteiger partial charge in [0, 0.05) is 50.6 Å². The Kier molecular flexibility index (Phi) is 15.2. The topological polar surface area (TPSA) is 81.7 Å². The molecule has 2 aliphatic rings. The van der Waals surface area contributed by atoms with Crippen LogP contribution in [0.25, 0.3) is 16.3 Å². The van der Waals surface area contributed by atoms with Gasteiger partial charge >= 0.3 is 11.9 Å². The van der Waals surface area contributed by atoms with Crippen LogP contribution in [-0.4, -0.2) is 63.2 Å². The number of hydrogen-bond acceptors (Lipinski definition) is 9. The molecule has 12 heteroatoms. The molecule has 274 valence electrons. The van der Waals surface area contributed by atoms with E-state index in [1.165, 1.54) is 70.3 Å². The van der Waals surface area contributed by atoms with Gasteiger partial charge in [-0.25, -0.2) is 0 Å². The molecule has 0 saturated carbocycles. The van der Waals surface area contributed by atoms with E-state index in [2.05, 4.69) is 103 Å². The molecule has 0 amide bonds. The van der Waals surface area contributed by atoms with Gasteiger partial charge in [-0.15, -0.1) is 60.2 Å². The van der Waals surface area contributed by atoms with E-state index in [4.69, 9.17) is 5.11 Å².